The van der Waals surface area contributed by atoms with E-state index in [0.717, 1.165) is 0 Å². The molecule has 0 aliphatic rings. The number of halogens is 3. The van der Waals surface area contributed by atoms with Gasteiger partial charge in [-0.1, -0.05) is 27.7 Å². The third-order valence-electron chi connectivity index (χ3n) is 2.18. The molecule has 0 fully saturated rings. The van der Waals surface area contributed by atoms with Gasteiger partial charge >= 0.3 is 21.7 Å². The zero-order chi connectivity index (χ0) is 9.02. The molecule has 89 valence electrons. The molecule has 4 heteroatoms. The summed E-state index contributed by atoms with van der Waals surface area (Å²) in [7, 11) is 0. The Balaban J connectivity index is -0.0000000526. The van der Waals surface area contributed by atoms with E-state index in [4.69, 9.17) is 0 Å². The molecule has 0 aliphatic carbocycles. The van der Waals surface area contributed by atoms with E-state index in [-0.39, 0.29) is 72.7 Å². The van der Waals surface area contributed by atoms with Crippen LogP contribution in [0.25, 0.3) is 0 Å². The summed E-state index contributed by atoms with van der Waals surface area (Å²) in [5, 5.41) is 0. The first-order valence-electron chi connectivity index (χ1n) is 4.03. The summed E-state index contributed by atoms with van der Waals surface area (Å²) >= 11 is 0. The van der Waals surface area contributed by atoms with Crippen molar-refractivity contribution in [1.82, 2.24) is 0 Å². The van der Waals surface area contributed by atoms with Gasteiger partial charge in [-0.2, -0.15) is 35.2 Å². The quantitative estimate of drug-likeness (QED) is 0.281. The molecule has 1 radical (unpaired) electrons. The third-order valence-corrected chi connectivity index (χ3v) is 2.18. The topological polar surface area (TPSA) is 0 Å². The summed E-state index contributed by atoms with van der Waals surface area (Å²) in [5.41, 5.74) is 5.75. The van der Waals surface area contributed by atoms with Gasteiger partial charge in [-0.3, -0.25) is 0 Å². The first kappa shape index (κ1) is 30.0. The Morgan fingerprint density at radius 2 is 0.933 bits per heavy atom. The van der Waals surface area contributed by atoms with Crippen LogP contribution >= 0.6 is 0 Å². The summed E-state index contributed by atoms with van der Waals surface area (Å²) in [6.07, 6.45) is 0. The van der Waals surface area contributed by atoms with Crippen molar-refractivity contribution in [2.75, 3.05) is 0 Å². The van der Waals surface area contributed by atoms with E-state index in [1.54, 1.807) is 6.92 Å². The predicted molar refractivity (Wildman–Crippen MR) is 52.0 cm³/mol. The van der Waals surface area contributed by atoms with Crippen LogP contribution in [0.3, 0.4) is 0 Å². The maximum atomic E-state index is 3.25. The van der Waals surface area contributed by atoms with E-state index in [0.29, 0.717) is 0 Å². The summed E-state index contributed by atoms with van der Waals surface area (Å²) in [4.78, 5) is 0. The van der Waals surface area contributed by atoms with Crippen LogP contribution in [-0.2, 0) is 21.7 Å². The molecule has 0 saturated carbocycles. The van der Waals surface area contributed by atoms with E-state index in [1.807, 2.05) is 0 Å². The predicted octanol–water partition coefficient (Wildman–Crippen LogP) is -5.51. The molecule has 0 saturated heterocycles. The van der Waals surface area contributed by atoms with Crippen molar-refractivity contribution < 1.29 is 72.7 Å². The van der Waals surface area contributed by atoms with E-state index in [9.17, 15) is 0 Å². The molecular formula is C11H18Br3Ti-2. The van der Waals surface area contributed by atoms with Crippen LogP contribution in [0.15, 0.2) is 6.07 Å². The largest absolute Gasteiger partial charge is 3.00 e. The average molecular weight is 438 g/mol. The monoisotopic (exact) mass is 435 g/mol. The first-order valence-corrected chi connectivity index (χ1v) is 4.03. The second kappa shape index (κ2) is 15.5. The van der Waals surface area contributed by atoms with E-state index >= 15 is 0 Å². The van der Waals surface area contributed by atoms with Gasteiger partial charge in [0.15, 0.2) is 0 Å². The molecule has 1 aromatic carbocycles. The molecule has 0 amide bonds. The van der Waals surface area contributed by atoms with Gasteiger partial charge in [0.2, 0.25) is 0 Å². The Bertz CT molecular complexity index is 209. The molecule has 0 N–H and O–H groups in total. The average Bonchev–Trinajstić information content (AvgIpc) is 2.22. The maximum absolute atomic E-state index is 3.25. The third kappa shape index (κ3) is 9.23. The van der Waals surface area contributed by atoms with Crippen molar-refractivity contribution in [3.8, 4) is 0 Å². The van der Waals surface area contributed by atoms with Crippen molar-refractivity contribution in [1.29, 1.82) is 0 Å². The van der Waals surface area contributed by atoms with Crippen molar-refractivity contribution in [2.24, 2.45) is 0 Å². The standard InChI is InChI=1S/C9H13.C2H5.3BrH.Ti/c1-6-5-7(2)9(4)8(6)3;1-2;;;;/h5H,1-4H3;1H2,2H3;3*1H;/q2*-1;;;;+3/p-3. The van der Waals surface area contributed by atoms with Crippen LogP contribution in [0.1, 0.15) is 29.2 Å². The van der Waals surface area contributed by atoms with Crippen LogP contribution in [0.5, 0.6) is 0 Å². The molecule has 0 atom stereocenters. The van der Waals surface area contributed by atoms with Gasteiger partial charge in [0.05, 0.1) is 0 Å². The molecule has 0 spiro atoms. The van der Waals surface area contributed by atoms with Gasteiger partial charge in [0.1, 0.15) is 0 Å². The van der Waals surface area contributed by atoms with E-state index in [2.05, 4.69) is 40.7 Å². The van der Waals surface area contributed by atoms with Crippen LogP contribution in [0, 0.1) is 34.6 Å². The number of hydrogen-bond donors (Lipinski definition) is 0. The summed E-state index contributed by atoms with van der Waals surface area (Å²) in [6, 6.07) is 2.24. The minimum atomic E-state index is 0. The number of aryl methyl sites for hydroxylation is 2. The van der Waals surface area contributed by atoms with Crippen molar-refractivity contribution in [3.05, 3.63) is 35.2 Å². The van der Waals surface area contributed by atoms with Gasteiger partial charge in [-0.05, 0) is 0 Å². The second-order valence-corrected chi connectivity index (χ2v) is 2.76. The van der Waals surface area contributed by atoms with E-state index in [1.165, 1.54) is 22.3 Å². The molecule has 1 aromatic rings. The van der Waals surface area contributed by atoms with Gasteiger partial charge in [0, 0.05) is 0 Å². The summed E-state index contributed by atoms with van der Waals surface area (Å²) < 4.78 is 0. The normalized spacial score (nSPS) is 6.53. The van der Waals surface area contributed by atoms with Crippen LogP contribution < -0.4 is 50.9 Å². The SMILES string of the molecule is Cc1[cH-]c(C)c(C)c1C.[Br-].[Br-].[Br-].[CH2-]C.[Ti+3]. The zero-order valence-corrected chi connectivity index (χ0v) is 16.2. The smallest absolute Gasteiger partial charge is 1.00 e. The fourth-order valence-electron chi connectivity index (χ4n) is 1.13. The molecule has 0 aromatic heterocycles. The van der Waals surface area contributed by atoms with Gasteiger partial charge in [-0.25, -0.2) is 0 Å². The molecule has 0 unspecified atom stereocenters. The molecular weight excluding hydrogens is 420 g/mol. The summed E-state index contributed by atoms with van der Waals surface area (Å²) in [5.74, 6) is 0. The molecule has 0 bridgehead atoms. The fraction of sp³-hybridized carbons (Fsp3) is 0.455. The van der Waals surface area contributed by atoms with Crippen LogP contribution in [0.4, 0.5) is 0 Å². The number of rotatable bonds is 0. The van der Waals surface area contributed by atoms with Crippen LogP contribution in [-0.4, -0.2) is 0 Å². The molecule has 0 nitrogen and oxygen atoms in total. The Morgan fingerprint density at radius 3 is 1.00 bits per heavy atom. The van der Waals surface area contributed by atoms with Crippen molar-refractivity contribution in [3.63, 3.8) is 0 Å². The Morgan fingerprint density at radius 1 is 0.733 bits per heavy atom. The Labute approximate surface area is 141 Å². The molecule has 0 aliphatic heterocycles. The zero-order valence-electron chi connectivity index (χ0n) is 9.92. The summed E-state index contributed by atoms with van der Waals surface area (Å²) in [6.45, 7) is 13.7. The number of hydrogen-bond acceptors (Lipinski definition) is 0. The van der Waals surface area contributed by atoms with Crippen LogP contribution in [0.2, 0.25) is 0 Å². The fourth-order valence-corrected chi connectivity index (χ4v) is 1.13. The van der Waals surface area contributed by atoms with Gasteiger partial charge in [0.25, 0.3) is 0 Å². The van der Waals surface area contributed by atoms with Crippen molar-refractivity contribution in [2.45, 2.75) is 34.6 Å². The molecule has 15 heavy (non-hydrogen) atoms. The minimum Gasteiger partial charge on any atom is -1.00 e. The Hall–Kier alpha value is 1.50. The van der Waals surface area contributed by atoms with Gasteiger partial charge < -0.3 is 57.9 Å². The maximum Gasteiger partial charge on any atom is 3.00 e. The molecule has 1 rings (SSSR count). The minimum absolute atomic E-state index is 0. The molecule has 0 heterocycles. The van der Waals surface area contributed by atoms with Crippen molar-refractivity contribution >= 4 is 0 Å². The van der Waals surface area contributed by atoms with Gasteiger partial charge in [-0.15, -0.1) is 0 Å². The van der Waals surface area contributed by atoms with E-state index < -0.39 is 0 Å². The first-order chi connectivity index (χ1) is 5.13. The second-order valence-electron chi connectivity index (χ2n) is 2.76. The Kier molecular flexibility index (Phi) is 31.0.